The molecule has 2 aliphatic heterocycles. The molecule has 4 fully saturated rings. The maximum absolute atomic E-state index is 15.1. The largest absolute Gasteiger partial charge is 0.385 e. The first-order valence-corrected chi connectivity index (χ1v) is 22.7. The number of likely N-dealkylation sites (N-methyl/N-ethyl adjacent to an activating group) is 2. The van der Waals surface area contributed by atoms with Crippen LogP contribution in [0.15, 0.2) is 18.2 Å². The van der Waals surface area contributed by atoms with Crippen molar-refractivity contribution >= 4 is 18.0 Å². The van der Waals surface area contributed by atoms with E-state index in [-0.39, 0.29) is 41.5 Å². The Hall–Kier alpha value is -2.96. The molecule has 0 spiro atoms. The number of carbonyl (C=O) groups is 3. The molecule has 324 valence electrons. The van der Waals surface area contributed by atoms with Crippen LogP contribution in [0.5, 0.6) is 0 Å². The molecule has 5 amide bonds. The van der Waals surface area contributed by atoms with Gasteiger partial charge in [0.2, 0.25) is 5.91 Å². The van der Waals surface area contributed by atoms with Gasteiger partial charge < -0.3 is 41.5 Å². The van der Waals surface area contributed by atoms with Gasteiger partial charge in [-0.25, -0.2) is 14.0 Å². The second kappa shape index (κ2) is 24.8. The molecular formula is C45H78FN7O4. The summed E-state index contributed by atoms with van der Waals surface area (Å²) < 4.78 is 15.1. The third kappa shape index (κ3) is 15.6. The Morgan fingerprint density at radius 2 is 1.30 bits per heavy atom. The van der Waals surface area contributed by atoms with E-state index in [4.69, 9.17) is 0 Å². The van der Waals surface area contributed by atoms with Gasteiger partial charge in [0, 0.05) is 76.3 Å². The summed E-state index contributed by atoms with van der Waals surface area (Å²) in [6.07, 6.45) is 21.1. The summed E-state index contributed by atoms with van der Waals surface area (Å²) in [6.45, 7) is 8.21. The zero-order valence-electron chi connectivity index (χ0n) is 35.9. The first-order chi connectivity index (χ1) is 27.5. The van der Waals surface area contributed by atoms with Crippen LogP contribution in [0.25, 0.3) is 0 Å². The summed E-state index contributed by atoms with van der Waals surface area (Å²) in [7, 11) is 3.88. The molecule has 0 radical (unpaired) electrons. The van der Waals surface area contributed by atoms with Crippen LogP contribution in [0.4, 0.5) is 14.0 Å². The van der Waals surface area contributed by atoms with Crippen molar-refractivity contribution in [1.29, 1.82) is 0 Å². The van der Waals surface area contributed by atoms with Gasteiger partial charge in [0.1, 0.15) is 5.82 Å². The smallest absolute Gasteiger partial charge is 0.317 e. The van der Waals surface area contributed by atoms with E-state index in [0.29, 0.717) is 44.8 Å². The number of hydrogen-bond acceptors (Lipinski definition) is 6. The van der Waals surface area contributed by atoms with E-state index >= 15 is 4.39 Å². The Labute approximate surface area is 343 Å². The molecule has 5 rings (SSSR count). The normalized spacial score (nSPS) is 21.7. The van der Waals surface area contributed by atoms with Crippen molar-refractivity contribution in [2.45, 2.75) is 154 Å². The van der Waals surface area contributed by atoms with Gasteiger partial charge in [-0.15, -0.1) is 0 Å². The lowest BCUT2D eigenvalue weighted by atomic mass is 9.73. The van der Waals surface area contributed by atoms with Gasteiger partial charge in [-0.2, -0.15) is 0 Å². The van der Waals surface area contributed by atoms with Crippen molar-refractivity contribution in [2.75, 3.05) is 59.9 Å². The zero-order chi connectivity index (χ0) is 41.0. The highest BCUT2D eigenvalue weighted by molar-refractivity contribution is 5.75. The number of rotatable bonds is 16. The predicted octanol–water partition coefficient (Wildman–Crippen LogP) is 6.96. The minimum absolute atomic E-state index is 0.0618. The van der Waals surface area contributed by atoms with Gasteiger partial charge in [0.15, 0.2) is 0 Å². The third-order valence-corrected chi connectivity index (χ3v) is 13.0. The summed E-state index contributed by atoms with van der Waals surface area (Å²) in [6, 6.07) is 5.23. The highest BCUT2D eigenvalue weighted by Gasteiger charge is 2.43. The molecule has 4 aliphatic rings. The van der Waals surface area contributed by atoms with Crippen LogP contribution in [-0.4, -0.2) is 105 Å². The number of halogens is 1. The van der Waals surface area contributed by atoms with Gasteiger partial charge in [0.25, 0.3) is 0 Å². The van der Waals surface area contributed by atoms with Gasteiger partial charge in [-0.05, 0) is 96.7 Å². The van der Waals surface area contributed by atoms with Crippen LogP contribution < -0.4 is 26.6 Å². The summed E-state index contributed by atoms with van der Waals surface area (Å²) in [5, 5.41) is 27.8. The number of benzene rings is 1. The summed E-state index contributed by atoms with van der Waals surface area (Å²) >= 11 is 0. The highest BCUT2D eigenvalue weighted by atomic mass is 19.1. The summed E-state index contributed by atoms with van der Waals surface area (Å²) in [5.41, 5.74) is -0.271. The van der Waals surface area contributed by atoms with Crippen LogP contribution >= 0.6 is 0 Å². The van der Waals surface area contributed by atoms with E-state index < -0.39 is 11.4 Å². The van der Waals surface area contributed by atoms with Crippen LogP contribution in [0.3, 0.4) is 0 Å². The molecular weight excluding hydrogens is 722 g/mol. The molecule has 2 saturated heterocycles. The SMILES string of the molecule is CNC[C@H](CC1CCCCC1)NC(=O)N1CCCCC1.CNC[C@H](CC1CCCCC1)NC(=O)N1CCC[C@@H]([C@@](O)(CCCNC(C)=O)c2cc(C)ccc2F)C1. The number of likely N-dealkylation sites (tertiary alicyclic amines) is 2. The quantitative estimate of drug-likeness (QED) is 0.100. The molecule has 2 saturated carbocycles. The summed E-state index contributed by atoms with van der Waals surface area (Å²) in [4.78, 5) is 40.8. The zero-order valence-corrected chi connectivity index (χ0v) is 35.9. The Bertz CT molecular complexity index is 1350. The third-order valence-electron chi connectivity index (χ3n) is 13.0. The van der Waals surface area contributed by atoms with Crippen molar-refractivity contribution < 1.29 is 23.9 Å². The van der Waals surface area contributed by atoms with Gasteiger partial charge in [-0.3, -0.25) is 4.79 Å². The number of hydrogen-bond donors (Lipinski definition) is 6. The first kappa shape index (κ1) is 46.7. The number of amides is 5. The van der Waals surface area contributed by atoms with Crippen LogP contribution in [0, 0.1) is 30.5 Å². The molecule has 0 unspecified atom stereocenters. The number of carbonyl (C=O) groups excluding carboxylic acids is 3. The van der Waals surface area contributed by atoms with Gasteiger partial charge >= 0.3 is 12.1 Å². The maximum Gasteiger partial charge on any atom is 0.317 e. The van der Waals surface area contributed by atoms with Crippen molar-refractivity contribution in [3.63, 3.8) is 0 Å². The second-order valence-corrected chi connectivity index (χ2v) is 17.7. The van der Waals surface area contributed by atoms with E-state index in [0.717, 1.165) is 69.8 Å². The molecule has 12 heteroatoms. The maximum atomic E-state index is 15.1. The molecule has 4 atom stereocenters. The van der Waals surface area contributed by atoms with E-state index in [2.05, 4.69) is 26.6 Å². The van der Waals surface area contributed by atoms with Gasteiger partial charge in [-0.1, -0.05) is 81.9 Å². The topological polar surface area (TPSA) is 138 Å². The molecule has 0 bridgehead atoms. The van der Waals surface area contributed by atoms with Crippen molar-refractivity contribution in [3.8, 4) is 0 Å². The number of urea groups is 2. The second-order valence-electron chi connectivity index (χ2n) is 17.7. The highest BCUT2D eigenvalue weighted by Crippen LogP contribution is 2.41. The molecule has 1 aromatic rings. The first-order valence-electron chi connectivity index (χ1n) is 22.7. The fourth-order valence-electron chi connectivity index (χ4n) is 9.86. The van der Waals surface area contributed by atoms with Crippen molar-refractivity contribution in [2.24, 2.45) is 17.8 Å². The van der Waals surface area contributed by atoms with E-state index in [1.54, 1.807) is 17.0 Å². The van der Waals surface area contributed by atoms with Crippen LogP contribution in [0.2, 0.25) is 0 Å². The summed E-state index contributed by atoms with van der Waals surface area (Å²) in [5.74, 6) is 0.593. The van der Waals surface area contributed by atoms with E-state index in [9.17, 15) is 19.5 Å². The lowest BCUT2D eigenvalue weighted by Crippen LogP contribution is -2.54. The standard InChI is InChI=1S/C29H47FN4O3.C16H31N3O/c1-21-12-13-27(30)26(17-21)29(37,14-8-15-32-22(2)35)24-11-7-16-34(20-24)28(36)33-25(19-31-3)18-23-9-5-4-6-10-23;1-17-13-15(12-14-8-4-2-5-9-14)18-16(20)19-10-6-3-7-11-19/h12-13,17,23-25,31,37H,4-11,14-16,18-20H2,1-3H3,(H,32,35)(H,33,36);14-15,17H,2-13H2,1H3,(H,18,20)/t24-,25+,29+;15-/m10/s1. The minimum atomic E-state index is -1.43. The van der Waals surface area contributed by atoms with Gasteiger partial charge in [0.05, 0.1) is 5.60 Å². The number of aliphatic hydroxyl groups is 1. The van der Waals surface area contributed by atoms with Crippen LogP contribution in [0.1, 0.15) is 140 Å². The average molecular weight is 800 g/mol. The lowest BCUT2D eigenvalue weighted by Gasteiger charge is -2.43. The Morgan fingerprint density at radius 3 is 1.84 bits per heavy atom. The molecule has 1 aromatic carbocycles. The van der Waals surface area contributed by atoms with E-state index in [1.807, 2.05) is 25.9 Å². The number of aryl methyl sites for hydroxylation is 1. The molecule has 2 aliphatic carbocycles. The molecule has 57 heavy (non-hydrogen) atoms. The van der Waals surface area contributed by atoms with Crippen molar-refractivity contribution in [3.05, 3.63) is 35.1 Å². The molecule has 0 aromatic heterocycles. The minimum Gasteiger partial charge on any atom is -0.385 e. The fraction of sp³-hybridized carbons (Fsp3) is 0.800. The Morgan fingerprint density at radius 1 is 0.772 bits per heavy atom. The fourth-order valence-corrected chi connectivity index (χ4v) is 9.86. The number of piperidine rings is 2. The Kier molecular flexibility index (Phi) is 20.4. The lowest BCUT2D eigenvalue weighted by molar-refractivity contribution is -0.119. The van der Waals surface area contributed by atoms with Crippen molar-refractivity contribution in [1.82, 2.24) is 36.4 Å². The predicted molar refractivity (Wildman–Crippen MR) is 228 cm³/mol. The average Bonchev–Trinajstić information content (AvgIpc) is 3.22. The monoisotopic (exact) mass is 800 g/mol. The van der Waals surface area contributed by atoms with Crippen LogP contribution in [-0.2, 0) is 10.4 Å². The molecule has 2 heterocycles. The molecule has 11 nitrogen and oxygen atoms in total. The van der Waals surface area contributed by atoms with E-state index in [1.165, 1.54) is 83.6 Å². The Balaban J connectivity index is 0.000000302. The molecule has 6 N–H and O–H groups in total. The number of nitrogens with one attached hydrogen (secondary N) is 5. The number of nitrogens with zero attached hydrogens (tertiary/aromatic N) is 2.